The first-order valence-corrected chi connectivity index (χ1v) is 15.6. The second-order valence-corrected chi connectivity index (χ2v) is 11.1. The summed E-state index contributed by atoms with van der Waals surface area (Å²) in [6, 6.07) is 18.1. The van der Waals surface area contributed by atoms with Gasteiger partial charge in [0.1, 0.15) is 23.0 Å². The highest BCUT2D eigenvalue weighted by molar-refractivity contribution is 6.32. The largest absolute Gasteiger partial charge is 0.494 e. The number of rotatable bonds is 19. The molecule has 3 rings (SSSR count). The maximum Gasteiger partial charge on any atom is 0.343 e. The molecule has 6 nitrogen and oxygen atoms in total. The molecule has 0 aliphatic rings. The molecule has 0 fully saturated rings. The first-order chi connectivity index (χ1) is 20.9. The maximum absolute atomic E-state index is 12.7. The van der Waals surface area contributed by atoms with Gasteiger partial charge in [0.2, 0.25) is 0 Å². The first-order valence-electron chi connectivity index (χ1n) is 15.2. The zero-order valence-electron chi connectivity index (χ0n) is 25.3. The van der Waals surface area contributed by atoms with E-state index in [1.165, 1.54) is 50.3 Å². The zero-order valence-corrected chi connectivity index (χ0v) is 26.1. The van der Waals surface area contributed by atoms with Crippen molar-refractivity contribution in [2.45, 2.75) is 71.6 Å². The van der Waals surface area contributed by atoms with E-state index >= 15 is 0 Å². The van der Waals surface area contributed by atoms with Crippen molar-refractivity contribution >= 4 is 23.5 Å². The number of hydrogen-bond acceptors (Lipinski definition) is 6. The molecule has 1 unspecified atom stereocenters. The lowest BCUT2D eigenvalue weighted by molar-refractivity contribution is 0.0730. The molecular weight excluding hydrogens is 564 g/mol. The van der Waals surface area contributed by atoms with Gasteiger partial charge in [0.15, 0.2) is 0 Å². The van der Waals surface area contributed by atoms with Crippen LogP contribution in [0.1, 0.15) is 92.4 Å². The predicted octanol–water partition coefficient (Wildman–Crippen LogP) is 9.89. The third kappa shape index (κ3) is 12.2. The van der Waals surface area contributed by atoms with Crippen LogP contribution in [-0.4, -0.2) is 25.2 Å². The molecule has 0 aliphatic carbocycles. The van der Waals surface area contributed by atoms with E-state index < -0.39 is 11.9 Å². The van der Waals surface area contributed by atoms with E-state index in [1.54, 1.807) is 48.5 Å². The maximum atomic E-state index is 12.7. The highest BCUT2D eigenvalue weighted by atomic mass is 35.5. The number of hydrogen-bond donors (Lipinski definition) is 0. The lowest BCUT2D eigenvalue weighted by Gasteiger charge is -2.11. The van der Waals surface area contributed by atoms with Crippen molar-refractivity contribution in [2.24, 2.45) is 5.92 Å². The molecule has 0 radical (unpaired) electrons. The molecule has 0 saturated heterocycles. The number of carbonyl (C=O) groups excluding carboxylic acids is 2. The Balaban J connectivity index is 1.41. The van der Waals surface area contributed by atoms with Gasteiger partial charge in [0.05, 0.1) is 29.4 Å². The molecule has 0 spiro atoms. The summed E-state index contributed by atoms with van der Waals surface area (Å²) in [7, 11) is 0. The van der Waals surface area contributed by atoms with E-state index in [9.17, 15) is 9.59 Å². The van der Waals surface area contributed by atoms with Crippen molar-refractivity contribution < 1.29 is 28.5 Å². The van der Waals surface area contributed by atoms with Crippen molar-refractivity contribution in [3.05, 3.63) is 95.5 Å². The second-order valence-electron chi connectivity index (χ2n) is 10.6. The lowest BCUT2D eigenvalue weighted by atomic mass is 10.1. The summed E-state index contributed by atoms with van der Waals surface area (Å²) in [5, 5.41) is 0.119. The Kier molecular flexibility index (Phi) is 14.7. The predicted molar refractivity (Wildman–Crippen MR) is 172 cm³/mol. The molecule has 0 saturated carbocycles. The fourth-order valence-electron chi connectivity index (χ4n) is 4.15. The van der Waals surface area contributed by atoms with Crippen LogP contribution in [0.25, 0.3) is 0 Å². The summed E-state index contributed by atoms with van der Waals surface area (Å²) in [5.74, 6) is 1.26. The fourth-order valence-corrected chi connectivity index (χ4v) is 4.37. The van der Waals surface area contributed by atoms with Gasteiger partial charge in [0.25, 0.3) is 0 Å². The molecular formula is C36H43ClO6. The molecule has 0 aromatic heterocycles. The highest BCUT2D eigenvalue weighted by Crippen LogP contribution is 2.28. The lowest BCUT2D eigenvalue weighted by Crippen LogP contribution is -2.11. The number of halogens is 1. The van der Waals surface area contributed by atoms with Gasteiger partial charge in [-0.15, -0.1) is 6.58 Å². The molecule has 43 heavy (non-hydrogen) atoms. The average Bonchev–Trinajstić information content (AvgIpc) is 3.02. The molecule has 3 aromatic carbocycles. The summed E-state index contributed by atoms with van der Waals surface area (Å²) in [6.07, 6.45) is 12.5. The molecule has 3 aromatic rings. The van der Waals surface area contributed by atoms with Gasteiger partial charge in [-0.3, -0.25) is 0 Å². The van der Waals surface area contributed by atoms with Gasteiger partial charge in [-0.1, -0.05) is 70.0 Å². The van der Waals surface area contributed by atoms with E-state index in [2.05, 4.69) is 20.4 Å². The molecule has 0 bridgehead atoms. The topological polar surface area (TPSA) is 71.1 Å². The quantitative estimate of drug-likeness (QED) is 0.0585. The Labute approximate surface area is 261 Å². The summed E-state index contributed by atoms with van der Waals surface area (Å²) < 4.78 is 22.5. The number of carbonyl (C=O) groups is 2. The second kappa shape index (κ2) is 18.7. The van der Waals surface area contributed by atoms with Crippen LogP contribution in [0.3, 0.4) is 0 Å². The first kappa shape index (κ1) is 33.7. The number of ether oxygens (including phenoxy) is 4. The normalized spacial score (nSPS) is 11.4. The molecule has 7 heteroatoms. The van der Waals surface area contributed by atoms with Crippen LogP contribution >= 0.6 is 11.6 Å². The van der Waals surface area contributed by atoms with Gasteiger partial charge >= 0.3 is 11.9 Å². The SMILES string of the molecule is C=CCCCCCCCCCOc1ccc(C(=O)Oc2ccc(C(=O)Oc3ccc(OCC(C)CC)cc3)cc2Cl)cc1. The summed E-state index contributed by atoms with van der Waals surface area (Å²) in [4.78, 5) is 25.3. The van der Waals surface area contributed by atoms with E-state index in [-0.39, 0.29) is 16.3 Å². The van der Waals surface area contributed by atoms with Gasteiger partial charge in [-0.2, -0.15) is 0 Å². The van der Waals surface area contributed by atoms with Crippen LogP contribution in [0.2, 0.25) is 5.02 Å². The highest BCUT2D eigenvalue weighted by Gasteiger charge is 2.15. The molecule has 0 N–H and O–H groups in total. The summed E-state index contributed by atoms with van der Waals surface area (Å²) >= 11 is 6.33. The standard InChI is InChI=1S/C36H43ClO6/c1-4-6-7-8-9-10-11-12-13-24-40-30-17-14-28(15-18-30)35(38)43-34-23-16-29(25-33(34)37)36(39)42-32-21-19-31(20-22-32)41-26-27(3)5-2/h4,14-23,25,27H,1,5-13,24,26H2,2-3H3. The van der Waals surface area contributed by atoms with Crippen molar-refractivity contribution in [2.75, 3.05) is 13.2 Å². The minimum atomic E-state index is -0.581. The van der Waals surface area contributed by atoms with Crippen LogP contribution in [0.5, 0.6) is 23.0 Å². The van der Waals surface area contributed by atoms with Gasteiger partial charge in [0, 0.05) is 0 Å². The summed E-state index contributed by atoms with van der Waals surface area (Å²) in [6.45, 7) is 9.27. The Morgan fingerprint density at radius 1 is 0.744 bits per heavy atom. The molecule has 0 heterocycles. The third-order valence-corrected chi connectivity index (χ3v) is 7.34. The molecule has 1 atom stereocenters. The number of benzene rings is 3. The smallest absolute Gasteiger partial charge is 0.343 e. The van der Waals surface area contributed by atoms with Gasteiger partial charge < -0.3 is 18.9 Å². The van der Waals surface area contributed by atoms with Crippen molar-refractivity contribution in [1.29, 1.82) is 0 Å². The van der Waals surface area contributed by atoms with Crippen LogP contribution in [0, 0.1) is 5.92 Å². The Morgan fingerprint density at radius 2 is 1.30 bits per heavy atom. The monoisotopic (exact) mass is 606 g/mol. The van der Waals surface area contributed by atoms with Crippen molar-refractivity contribution in [3.63, 3.8) is 0 Å². The summed E-state index contributed by atoms with van der Waals surface area (Å²) in [5.41, 5.74) is 0.590. The fraction of sp³-hybridized carbons (Fsp3) is 0.389. The zero-order chi connectivity index (χ0) is 30.9. The van der Waals surface area contributed by atoms with Crippen LogP contribution in [0.4, 0.5) is 0 Å². The number of unbranched alkanes of at least 4 members (excludes halogenated alkanes) is 7. The van der Waals surface area contributed by atoms with Crippen LogP contribution in [-0.2, 0) is 0 Å². The molecule has 230 valence electrons. The molecule has 0 amide bonds. The minimum absolute atomic E-state index is 0.119. The average molecular weight is 607 g/mol. The van der Waals surface area contributed by atoms with Gasteiger partial charge in [-0.25, -0.2) is 9.59 Å². The third-order valence-electron chi connectivity index (χ3n) is 7.05. The van der Waals surface area contributed by atoms with E-state index in [0.717, 1.165) is 25.7 Å². The van der Waals surface area contributed by atoms with Crippen LogP contribution < -0.4 is 18.9 Å². The van der Waals surface area contributed by atoms with E-state index in [0.29, 0.717) is 41.9 Å². The van der Waals surface area contributed by atoms with E-state index in [1.807, 2.05) is 6.08 Å². The number of esters is 2. The Bertz CT molecular complexity index is 1290. The minimum Gasteiger partial charge on any atom is -0.494 e. The van der Waals surface area contributed by atoms with Crippen molar-refractivity contribution in [1.82, 2.24) is 0 Å². The van der Waals surface area contributed by atoms with Crippen molar-refractivity contribution in [3.8, 4) is 23.0 Å². The Hall–Kier alpha value is -3.77. The molecule has 0 aliphatic heterocycles. The number of allylic oxidation sites excluding steroid dienone is 1. The Morgan fingerprint density at radius 3 is 1.95 bits per heavy atom. The van der Waals surface area contributed by atoms with E-state index in [4.69, 9.17) is 30.5 Å². The van der Waals surface area contributed by atoms with Gasteiger partial charge in [-0.05, 0) is 91.9 Å². The van der Waals surface area contributed by atoms with Crippen LogP contribution in [0.15, 0.2) is 79.4 Å².